The number of carbonyl (C=O) groups is 1. The Bertz CT molecular complexity index is 1140. The quantitative estimate of drug-likeness (QED) is 0.375. The normalized spacial score (nSPS) is 15.1. The number of aliphatic carboxylic acids is 1. The van der Waals surface area contributed by atoms with Gasteiger partial charge >= 0.3 is 5.97 Å². The highest BCUT2D eigenvalue weighted by molar-refractivity contribution is 5.86. The highest BCUT2D eigenvalue weighted by Gasteiger charge is 2.31. The second-order valence-electron chi connectivity index (χ2n) is 12.2. The summed E-state index contributed by atoms with van der Waals surface area (Å²) < 4.78 is 34.7. The molecule has 1 saturated heterocycles. The Kier molecular flexibility index (Phi) is 11.5. The molecule has 9 heteroatoms. The zero-order valence-corrected chi connectivity index (χ0v) is 25.6. The summed E-state index contributed by atoms with van der Waals surface area (Å²) in [5.41, 5.74) is 3.24. The summed E-state index contributed by atoms with van der Waals surface area (Å²) in [4.78, 5) is 21.0. The number of nitrogens with zero attached hydrogens (tertiary/aromatic N) is 3. The SMILES string of the molecule is CC(C)(C)O.CCN(CC)Cc1nc(C)c(CC(=O)O)c(N2CCC(C)(C)CC2)c1-c1cc(F)c(OC)c(F)c1. The van der Waals surface area contributed by atoms with Crippen LogP contribution in [0.15, 0.2) is 12.1 Å². The Labute approximate surface area is 238 Å². The van der Waals surface area contributed by atoms with Crippen LogP contribution in [0.25, 0.3) is 11.1 Å². The molecule has 0 spiro atoms. The van der Waals surface area contributed by atoms with Crippen molar-refractivity contribution in [2.45, 2.75) is 86.8 Å². The van der Waals surface area contributed by atoms with Crippen molar-refractivity contribution in [3.63, 3.8) is 0 Å². The van der Waals surface area contributed by atoms with Gasteiger partial charge in [-0.25, -0.2) is 8.78 Å². The fourth-order valence-electron chi connectivity index (χ4n) is 4.81. The number of aromatic nitrogens is 1. The molecule has 224 valence electrons. The number of hydrogen-bond donors (Lipinski definition) is 2. The number of pyridine rings is 1. The van der Waals surface area contributed by atoms with Crippen molar-refractivity contribution in [1.29, 1.82) is 0 Å². The number of halogens is 2. The number of aryl methyl sites for hydroxylation is 1. The largest absolute Gasteiger partial charge is 0.491 e. The van der Waals surface area contributed by atoms with E-state index in [4.69, 9.17) is 14.8 Å². The molecule has 0 unspecified atom stereocenters. The van der Waals surface area contributed by atoms with Crippen LogP contribution in [-0.2, 0) is 17.8 Å². The molecule has 0 bridgehead atoms. The molecule has 1 aromatic heterocycles. The summed E-state index contributed by atoms with van der Waals surface area (Å²) in [7, 11) is 1.23. The summed E-state index contributed by atoms with van der Waals surface area (Å²) >= 11 is 0. The lowest BCUT2D eigenvalue weighted by Crippen LogP contribution is -2.38. The van der Waals surface area contributed by atoms with Crippen molar-refractivity contribution in [2.75, 3.05) is 38.2 Å². The summed E-state index contributed by atoms with van der Waals surface area (Å²) in [6, 6.07) is 2.53. The lowest BCUT2D eigenvalue weighted by atomic mass is 9.82. The van der Waals surface area contributed by atoms with Crippen LogP contribution < -0.4 is 9.64 Å². The maximum Gasteiger partial charge on any atom is 0.307 e. The monoisotopic (exact) mass is 563 g/mol. The Morgan fingerprint density at radius 3 is 2.05 bits per heavy atom. The van der Waals surface area contributed by atoms with Gasteiger partial charge in [0.25, 0.3) is 0 Å². The molecule has 0 saturated carbocycles. The molecule has 2 heterocycles. The Hall–Kier alpha value is -2.78. The zero-order chi connectivity index (χ0) is 30.4. The van der Waals surface area contributed by atoms with Crippen molar-refractivity contribution < 1.29 is 28.5 Å². The van der Waals surface area contributed by atoms with Crippen molar-refractivity contribution in [3.8, 4) is 16.9 Å². The molecule has 2 aromatic rings. The fourth-order valence-corrected chi connectivity index (χ4v) is 4.81. The summed E-state index contributed by atoms with van der Waals surface area (Å²) in [5.74, 6) is -3.01. The van der Waals surface area contributed by atoms with E-state index in [9.17, 15) is 18.7 Å². The second-order valence-corrected chi connectivity index (χ2v) is 12.2. The van der Waals surface area contributed by atoms with Gasteiger partial charge in [-0.2, -0.15) is 0 Å². The van der Waals surface area contributed by atoms with E-state index in [-0.39, 0.29) is 11.8 Å². The van der Waals surface area contributed by atoms with E-state index in [2.05, 4.69) is 37.5 Å². The van der Waals surface area contributed by atoms with Gasteiger partial charge in [-0.15, -0.1) is 0 Å². The highest BCUT2D eigenvalue weighted by Crippen LogP contribution is 2.43. The minimum atomic E-state index is -0.969. The summed E-state index contributed by atoms with van der Waals surface area (Å²) in [6.07, 6.45) is 1.64. The Balaban J connectivity index is 0.00000103. The van der Waals surface area contributed by atoms with E-state index in [1.165, 1.54) is 19.2 Å². The van der Waals surface area contributed by atoms with E-state index in [0.717, 1.165) is 44.7 Å². The standard InChI is InChI=1S/C27H37F2N3O3.C4H10O/c1-7-31(8-2)16-22-24(18-13-20(28)26(35-6)21(29)14-18)25(19(15-23(33)34)17(3)30-22)32-11-9-27(4,5)10-12-32;1-4(2,3)5/h13-14H,7-12,15-16H2,1-6H3,(H,33,34);5H,1-3H3. The third-order valence-corrected chi connectivity index (χ3v) is 7.07. The van der Waals surface area contributed by atoms with Crippen LogP contribution in [0.3, 0.4) is 0 Å². The molecule has 1 fully saturated rings. The predicted octanol–water partition coefficient (Wildman–Crippen LogP) is 6.22. The van der Waals surface area contributed by atoms with Crippen LogP contribution >= 0.6 is 0 Å². The molecule has 0 radical (unpaired) electrons. The number of carboxylic acids is 1. The topological polar surface area (TPSA) is 86.1 Å². The molecule has 1 aromatic carbocycles. The third kappa shape index (κ3) is 9.13. The molecule has 1 aliphatic rings. The maximum atomic E-state index is 14.9. The van der Waals surface area contributed by atoms with Crippen LogP contribution in [-0.4, -0.2) is 65.0 Å². The number of rotatable bonds is 9. The van der Waals surface area contributed by atoms with Crippen LogP contribution in [0.1, 0.15) is 78.3 Å². The molecule has 0 atom stereocenters. The Morgan fingerprint density at radius 2 is 1.62 bits per heavy atom. The van der Waals surface area contributed by atoms with Crippen molar-refractivity contribution in [1.82, 2.24) is 9.88 Å². The fraction of sp³-hybridized carbons (Fsp3) is 0.613. The van der Waals surface area contributed by atoms with Crippen LogP contribution in [0, 0.1) is 24.0 Å². The predicted molar refractivity (Wildman–Crippen MR) is 156 cm³/mol. The average molecular weight is 564 g/mol. The number of piperidine rings is 1. The van der Waals surface area contributed by atoms with Gasteiger partial charge in [0.1, 0.15) is 0 Å². The van der Waals surface area contributed by atoms with Gasteiger partial charge in [0.2, 0.25) is 0 Å². The van der Waals surface area contributed by atoms with Gasteiger partial charge in [-0.05, 0) is 76.7 Å². The smallest absolute Gasteiger partial charge is 0.307 e. The van der Waals surface area contributed by atoms with E-state index in [0.29, 0.717) is 34.6 Å². The van der Waals surface area contributed by atoms with Gasteiger partial charge in [0.15, 0.2) is 17.4 Å². The number of carboxylic acid groups (broad SMARTS) is 1. The first-order chi connectivity index (χ1) is 18.5. The number of aliphatic hydroxyl groups is 1. The van der Waals surface area contributed by atoms with Gasteiger partial charge < -0.3 is 19.8 Å². The highest BCUT2D eigenvalue weighted by atomic mass is 19.1. The first kappa shape index (κ1) is 33.4. The number of hydrogen-bond acceptors (Lipinski definition) is 6. The Morgan fingerprint density at radius 1 is 1.12 bits per heavy atom. The lowest BCUT2D eigenvalue weighted by Gasteiger charge is -2.40. The molecule has 40 heavy (non-hydrogen) atoms. The lowest BCUT2D eigenvalue weighted by molar-refractivity contribution is -0.136. The van der Waals surface area contributed by atoms with Crippen LogP contribution in [0.2, 0.25) is 0 Å². The summed E-state index contributed by atoms with van der Waals surface area (Å²) in [6.45, 7) is 19.1. The molecule has 3 rings (SSSR count). The van der Waals surface area contributed by atoms with E-state index in [1.54, 1.807) is 20.8 Å². The first-order valence-electron chi connectivity index (χ1n) is 14.0. The molecule has 0 aliphatic carbocycles. The molecule has 0 amide bonds. The van der Waals surface area contributed by atoms with Crippen LogP contribution in [0.4, 0.5) is 14.5 Å². The zero-order valence-electron chi connectivity index (χ0n) is 25.6. The second kappa shape index (κ2) is 13.7. The van der Waals surface area contributed by atoms with Gasteiger partial charge in [0.05, 0.1) is 30.5 Å². The summed E-state index contributed by atoms with van der Waals surface area (Å²) in [5, 5.41) is 18.2. The third-order valence-electron chi connectivity index (χ3n) is 7.07. The van der Waals surface area contributed by atoms with E-state index < -0.39 is 29.0 Å². The number of methoxy groups -OCH3 is 1. The van der Waals surface area contributed by atoms with E-state index >= 15 is 0 Å². The minimum Gasteiger partial charge on any atom is -0.491 e. The maximum absolute atomic E-state index is 14.9. The molecule has 2 N–H and O–H groups in total. The van der Waals surface area contributed by atoms with Gasteiger partial charge in [0, 0.05) is 36.5 Å². The average Bonchev–Trinajstić information content (AvgIpc) is 2.82. The van der Waals surface area contributed by atoms with Crippen LogP contribution in [0.5, 0.6) is 5.75 Å². The van der Waals surface area contributed by atoms with Crippen molar-refractivity contribution >= 4 is 11.7 Å². The first-order valence-corrected chi connectivity index (χ1v) is 14.0. The molecular weight excluding hydrogens is 516 g/mol. The van der Waals surface area contributed by atoms with Crippen molar-refractivity contribution in [2.24, 2.45) is 5.41 Å². The number of anilines is 1. The van der Waals surface area contributed by atoms with E-state index in [1.807, 2.05) is 6.92 Å². The molecule has 7 nitrogen and oxygen atoms in total. The van der Waals surface area contributed by atoms with Crippen molar-refractivity contribution in [3.05, 3.63) is 40.7 Å². The van der Waals surface area contributed by atoms with Gasteiger partial charge in [-0.1, -0.05) is 27.7 Å². The number of benzene rings is 1. The van der Waals surface area contributed by atoms with Gasteiger partial charge in [-0.3, -0.25) is 14.7 Å². The number of ether oxygens (including phenoxy) is 1. The molecular formula is C31H47F2N3O4. The molecule has 1 aliphatic heterocycles. The minimum absolute atomic E-state index is 0.175.